The molecular weight excluding hydrogens is 369 g/mol. The number of nitrogens with one attached hydrogen (secondary N) is 1. The molecule has 0 bridgehead atoms. The van der Waals surface area contributed by atoms with E-state index in [4.69, 9.17) is 0 Å². The third-order valence-corrected chi connectivity index (χ3v) is 6.21. The molecule has 4 rings (SSSR count). The van der Waals surface area contributed by atoms with Gasteiger partial charge in [-0.25, -0.2) is 9.37 Å². The molecule has 28 heavy (non-hydrogen) atoms. The van der Waals surface area contributed by atoms with Crippen LogP contribution in [0.2, 0.25) is 0 Å². The standard InChI is InChI=1S/C23H26FN3S/c1-17-25-22(16-28-17)15-27-11-10-23(26-21-9-5-8-20(24)13-21)19(14-27)12-18-6-3-2-4-7-18/h2-9,13,16,19,23,26H,10-12,14-15H2,1H3/t19-,23+/m0/s1. The van der Waals surface area contributed by atoms with Crippen molar-refractivity contribution >= 4 is 17.0 Å². The lowest BCUT2D eigenvalue weighted by atomic mass is 9.86. The minimum absolute atomic E-state index is 0.194. The summed E-state index contributed by atoms with van der Waals surface area (Å²) in [6.07, 6.45) is 2.05. The number of rotatable bonds is 6. The number of aromatic nitrogens is 1. The number of aryl methyl sites for hydroxylation is 1. The van der Waals surface area contributed by atoms with Gasteiger partial charge in [0.25, 0.3) is 0 Å². The first-order valence-corrected chi connectivity index (χ1v) is 10.7. The fourth-order valence-electron chi connectivity index (χ4n) is 4.07. The van der Waals surface area contributed by atoms with Crippen LogP contribution in [0.4, 0.5) is 10.1 Å². The highest BCUT2D eigenvalue weighted by Crippen LogP contribution is 2.26. The van der Waals surface area contributed by atoms with Crippen LogP contribution in [-0.4, -0.2) is 29.0 Å². The highest BCUT2D eigenvalue weighted by molar-refractivity contribution is 7.09. The van der Waals surface area contributed by atoms with Gasteiger partial charge in [-0.15, -0.1) is 11.3 Å². The number of benzene rings is 2. The largest absolute Gasteiger partial charge is 0.382 e. The van der Waals surface area contributed by atoms with Gasteiger partial charge >= 0.3 is 0 Å². The van der Waals surface area contributed by atoms with Crippen LogP contribution in [0.25, 0.3) is 0 Å². The van der Waals surface area contributed by atoms with E-state index >= 15 is 0 Å². The number of anilines is 1. The molecule has 1 aromatic heterocycles. The van der Waals surface area contributed by atoms with Crippen molar-refractivity contribution in [2.75, 3.05) is 18.4 Å². The van der Waals surface area contributed by atoms with Crippen molar-refractivity contribution in [1.82, 2.24) is 9.88 Å². The molecule has 0 unspecified atom stereocenters. The van der Waals surface area contributed by atoms with Crippen molar-refractivity contribution in [1.29, 1.82) is 0 Å². The molecule has 146 valence electrons. The van der Waals surface area contributed by atoms with Crippen molar-refractivity contribution < 1.29 is 4.39 Å². The van der Waals surface area contributed by atoms with Crippen LogP contribution < -0.4 is 5.32 Å². The molecule has 1 N–H and O–H groups in total. The molecule has 3 aromatic rings. The number of hydrogen-bond donors (Lipinski definition) is 1. The van der Waals surface area contributed by atoms with E-state index in [-0.39, 0.29) is 5.82 Å². The second kappa shape index (κ2) is 8.84. The zero-order chi connectivity index (χ0) is 19.3. The van der Waals surface area contributed by atoms with E-state index in [1.54, 1.807) is 23.5 Å². The maximum absolute atomic E-state index is 13.6. The van der Waals surface area contributed by atoms with Gasteiger partial charge in [0.2, 0.25) is 0 Å². The monoisotopic (exact) mass is 395 g/mol. The molecule has 0 spiro atoms. The molecular formula is C23H26FN3S. The van der Waals surface area contributed by atoms with Crippen molar-refractivity contribution in [2.45, 2.75) is 32.4 Å². The highest BCUT2D eigenvalue weighted by atomic mass is 32.1. The van der Waals surface area contributed by atoms with Crippen LogP contribution in [0.5, 0.6) is 0 Å². The summed E-state index contributed by atoms with van der Waals surface area (Å²) in [5.41, 5.74) is 3.38. The summed E-state index contributed by atoms with van der Waals surface area (Å²) in [6, 6.07) is 17.8. The Bertz CT molecular complexity index is 896. The highest BCUT2D eigenvalue weighted by Gasteiger charge is 2.29. The van der Waals surface area contributed by atoms with E-state index in [9.17, 15) is 4.39 Å². The van der Waals surface area contributed by atoms with Gasteiger partial charge in [-0.2, -0.15) is 0 Å². The average Bonchev–Trinajstić information content (AvgIpc) is 3.09. The zero-order valence-corrected chi connectivity index (χ0v) is 17.0. The molecule has 2 aromatic carbocycles. The number of piperidine rings is 1. The summed E-state index contributed by atoms with van der Waals surface area (Å²) in [6.45, 7) is 5.00. The van der Waals surface area contributed by atoms with Gasteiger partial charge in [-0.3, -0.25) is 4.90 Å². The van der Waals surface area contributed by atoms with Gasteiger partial charge in [0, 0.05) is 36.7 Å². The number of nitrogens with zero attached hydrogens (tertiary/aromatic N) is 2. The lowest BCUT2D eigenvalue weighted by Crippen LogP contribution is -2.46. The number of thiazole rings is 1. The predicted molar refractivity (Wildman–Crippen MR) is 114 cm³/mol. The van der Waals surface area contributed by atoms with E-state index in [1.807, 2.05) is 6.07 Å². The lowest BCUT2D eigenvalue weighted by molar-refractivity contribution is 0.153. The molecule has 1 fully saturated rings. The summed E-state index contributed by atoms with van der Waals surface area (Å²) >= 11 is 1.71. The molecule has 5 heteroatoms. The third kappa shape index (κ3) is 4.97. The van der Waals surface area contributed by atoms with Crippen molar-refractivity contribution in [2.24, 2.45) is 5.92 Å². The third-order valence-electron chi connectivity index (χ3n) is 5.39. The van der Waals surface area contributed by atoms with E-state index in [1.165, 1.54) is 11.6 Å². The van der Waals surface area contributed by atoms with E-state index in [2.05, 4.69) is 57.8 Å². The Morgan fingerprint density at radius 3 is 2.79 bits per heavy atom. The Morgan fingerprint density at radius 2 is 2.04 bits per heavy atom. The Labute approximate surface area is 170 Å². The molecule has 2 heterocycles. The first-order valence-electron chi connectivity index (χ1n) is 9.85. The van der Waals surface area contributed by atoms with Crippen LogP contribution in [0, 0.1) is 18.7 Å². The summed E-state index contributed by atoms with van der Waals surface area (Å²) < 4.78 is 13.6. The molecule has 1 aliphatic rings. The Kier molecular flexibility index (Phi) is 6.03. The van der Waals surface area contributed by atoms with Gasteiger partial charge < -0.3 is 5.32 Å². The molecule has 1 aliphatic heterocycles. The SMILES string of the molecule is Cc1nc(CN2CC[C@@H](Nc3cccc(F)c3)[C@@H](Cc3ccccc3)C2)cs1. The van der Waals surface area contributed by atoms with E-state index in [0.29, 0.717) is 12.0 Å². The van der Waals surface area contributed by atoms with E-state index < -0.39 is 0 Å². The van der Waals surface area contributed by atoms with Gasteiger partial charge in [0.05, 0.1) is 10.7 Å². The molecule has 2 atom stereocenters. The first-order chi connectivity index (χ1) is 13.7. The van der Waals surface area contributed by atoms with Gasteiger partial charge in [0.1, 0.15) is 5.82 Å². The summed E-state index contributed by atoms with van der Waals surface area (Å²) in [5, 5.41) is 6.89. The van der Waals surface area contributed by atoms with Crippen molar-refractivity contribution in [3.05, 3.63) is 82.1 Å². The van der Waals surface area contributed by atoms with Gasteiger partial charge in [0.15, 0.2) is 0 Å². The quantitative estimate of drug-likeness (QED) is 0.627. The van der Waals surface area contributed by atoms with Crippen LogP contribution in [0.3, 0.4) is 0 Å². The fraction of sp³-hybridized carbons (Fsp3) is 0.348. The summed E-state index contributed by atoms with van der Waals surface area (Å²) in [5.74, 6) is 0.264. The van der Waals surface area contributed by atoms with Gasteiger partial charge in [-0.1, -0.05) is 36.4 Å². The smallest absolute Gasteiger partial charge is 0.125 e. The fourth-order valence-corrected chi connectivity index (χ4v) is 4.67. The van der Waals surface area contributed by atoms with Crippen LogP contribution in [0.1, 0.15) is 22.7 Å². The number of hydrogen-bond acceptors (Lipinski definition) is 4. The lowest BCUT2D eigenvalue weighted by Gasteiger charge is -2.39. The van der Waals surface area contributed by atoms with Crippen LogP contribution >= 0.6 is 11.3 Å². The Balaban J connectivity index is 1.48. The Hall–Kier alpha value is -2.24. The maximum atomic E-state index is 13.6. The number of halogens is 1. The molecule has 0 radical (unpaired) electrons. The average molecular weight is 396 g/mol. The topological polar surface area (TPSA) is 28.2 Å². The van der Waals surface area contributed by atoms with E-state index in [0.717, 1.165) is 48.9 Å². The molecule has 1 saturated heterocycles. The summed E-state index contributed by atoms with van der Waals surface area (Å²) in [7, 11) is 0. The predicted octanol–water partition coefficient (Wildman–Crippen LogP) is 5.14. The molecule has 0 saturated carbocycles. The minimum Gasteiger partial charge on any atom is -0.382 e. The second-order valence-corrected chi connectivity index (χ2v) is 8.65. The van der Waals surface area contributed by atoms with Gasteiger partial charge in [-0.05, 0) is 49.4 Å². The van der Waals surface area contributed by atoms with Crippen LogP contribution in [-0.2, 0) is 13.0 Å². The van der Waals surface area contributed by atoms with Crippen molar-refractivity contribution in [3.8, 4) is 0 Å². The molecule has 3 nitrogen and oxygen atoms in total. The van der Waals surface area contributed by atoms with Crippen molar-refractivity contribution in [3.63, 3.8) is 0 Å². The Morgan fingerprint density at radius 1 is 1.18 bits per heavy atom. The first kappa shape index (κ1) is 19.1. The second-order valence-electron chi connectivity index (χ2n) is 7.59. The number of likely N-dealkylation sites (tertiary alicyclic amines) is 1. The molecule has 0 amide bonds. The minimum atomic E-state index is -0.194. The normalized spacial score (nSPS) is 20.2. The van der Waals surface area contributed by atoms with Crippen LogP contribution in [0.15, 0.2) is 60.0 Å². The molecule has 0 aliphatic carbocycles. The maximum Gasteiger partial charge on any atom is 0.125 e. The zero-order valence-electron chi connectivity index (χ0n) is 16.1. The summed E-state index contributed by atoms with van der Waals surface area (Å²) in [4.78, 5) is 7.14.